The van der Waals surface area contributed by atoms with Crippen molar-refractivity contribution in [3.63, 3.8) is 0 Å². The molecule has 3 aromatic rings. The van der Waals surface area contributed by atoms with E-state index in [4.69, 9.17) is 11.6 Å². The molecule has 0 saturated heterocycles. The summed E-state index contributed by atoms with van der Waals surface area (Å²) in [4.78, 5) is 32.1. The Kier molecular flexibility index (Phi) is 5.73. The number of benzene rings is 2. The van der Waals surface area contributed by atoms with Gasteiger partial charge in [-0.2, -0.15) is 5.10 Å². The first-order chi connectivity index (χ1) is 14.9. The first-order valence-corrected chi connectivity index (χ1v) is 10.1. The zero-order chi connectivity index (χ0) is 22.0. The van der Waals surface area contributed by atoms with Crippen LogP contribution < -0.4 is 10.6 Å². The molecule has 0 fully saturated rings. The topological polar surface area (TPSA) is 91.6 Å². The van der Waals surface area contributed by atoms with E-state index in [-0.39, 0.29) is 17.4 Å². The van der Waals surface area contributed by atoms with E-state index in [0.29, 0.717) is 22.1 Å². The summed E-state index contributed by atoms with van der Waals surface area (Å²) >= 11 is 5.88. The van der Waals surface area contributed by atoms with Crippen LogP contribution in [0, 0.1) is 0 Å². The maximum absolute atomic E-state index is 12.8. The highest BCUT2D eigenvalue weighted by atomic mass is 35.5. The second-order valence-corrected chi connectivity index (χ2v) is 7.59. The minimum Gasteiger partial charge on any atom is -0.358 e. The fraction of sp³-hybridized carbons (Fsp3) is 0.182. The third kappa shape index (κ3) is 4.44. The number of halogens is 1. The first kappa shape index (κ1) is 20.6. The SMILES string of the molecule is CN1CCN=C1c1ccc(C(=O)Nc2c(C(=O)Nc3ccc(Cl)cc3)cnn2C)cc1. The van der Waals surface area contributed by atoms with E-state index >= 15 is 0 Å². The number of rotatable bonds is 5. The first-order valence-electron chi connectivity index (χ1n) is 9.68. The Hall–Kier alpha value is -3.65. The zero-order valence-electron chi connectivity index (χ0n) is 17.1. The van der Waals surface area contributed by atoms with Crippen molar-refractivity contribution >= 4 is 40.8 Å². The molecule has 1 aliphatic heterocycles. The average Bonchev–Trinajstić information content (AvgIpc) is 3.35. The van der Waals surface area contributed by atoms with Crippen LogP contribution in [0.4, 0.5) is 11.5 Å². The summed E-state index contributed by atoms with van der Waals surface area (Å²) in [6, 6.07) is 14.0. The molecule has 0 unspecified atom stereocenters. The lowest BCUT2D eigenvalue weighted by atomic mass is 10.1. The van der Waals surface area contributed by atoms with Crippen molar-refractivity contribution in [2.24, 2.45) is 12.0 Å². The van der Waals surface area contributed by atoms with Crippen LogP contribution in [-0.2, 0) is 7.05 Å². The fourth-order valence-corrected chi connectivity index (χ4v) is 3.40. The van der Waals surface area contributed by atoms with Crippen LogP contribution >= 0.6 is 11.6 Å². The molecule has 0 atom stereocenters. The van der Waals surface area contributed by atoms with Crippen LogP contribution in [0.5, 0.6) is 0 Å². The lowest BCUT2D eigenvalue weighted by molar-refractivity contribution is 0.102. The highest BCUT2D eigenvalue weighted by Crippen LogP contribution is 2.20. The standard InChI is InChI=1S/C22H21ClN6O2/c1-28-12-11-24-19(28)14-3-5-15(6-4-14)21(30)27-20-18(13-25-29(20)2)22(31)26-17-9-7-16(23)8-10-17/h3-10,13H,11-12H2,1-2H3,(H,26,31)(H,27,30). The number of hydrogen-bond donors (Lipinski definition) is 2. The Morgan fingerprint density at radius 2 is 1.68 bits per heavy atom. The van der Waals surface area contributed by atoms with Crippen LogP contribution in [0.2, 0.25) is 5.02 Å². The predicted octanol–water partition coefficient (Wildman–Crippen LogP) is 3.27. The number of carbonyl (C=O) groups excluding carboxylic acids is 2. The van der Waals surface area contributed by atoms with Gasteiger partial charge >= 0.3 is 0 Å². The smallest absolute Gasteiger partial charge is 0.261 e. The Labute approximate surface area is 184 Å². The molecule has 2 heterocycles. The van der Waals surface area contributed by atoms with Gasteiger partial charge in [-0.1, -0.05) is 23.7 Å². The zero-order valence-corrected chi connectivity index (χ0v) is 17.8. The lowest BCUT2D eigenvalue weighted by Gasteiger charge is -2.14. The average molecular weight is 437 g/mol. The van der Waals surface area contributed by atoms with Gasteiger partial charge in [0.25, 0.3) is 11.8 Å². The van der Waals surface area contributed by atoms with Crippen LogP contribution in [0.1, 0.15) is 26.3 Å². The van der Waals surface area contributed by atoms with E-state index in [0.717, 1.165) is 24.5 Å². The molecule has 4 rings (SSSR count). The number of hydrogen-bond acceptors (Lipinski definition) is 5. The third-order valence-corrected chi connectivity index (χ3v) is 5.23. The van der Waals surface area contributed by atoms with Crippen molar-refractivity contribution in [2.75, 3.05) is 30.8 Å². The van der Waals surface area contributed by atoms with Crippen molar-refractivity contribution in [1.82, 2.24) is 14.7 Å². The number of nitrogens with zero attached hydrogens (tertiary/aromatic N) is 4. The summed E-state index contributed by atoms with van der Waals surface area (Å²) in [5.74, 6) is 0.501. The predicted molar refractivity (Wildman–Crippen MR) is 121 cm³/mol. The molecule has 0 radical (unpaired) electrons. The minimum atomic E-state index is -0.386. The van der Waals surface area contributed by atoms with Gasteiger partial charge in [0.2, 0.25) is 0 Å². The van der Waals surface area contributed by atoms with Gasteiger partial charge in [-0.3, -0.25) is 19.3 Å². The highest BCUT2D eigenvalue weighted by molar-refractivity contribution is 6.30. The summed E-state index contributed by atoms with van der Waals surface area (Å²) in [6.07, 6.45) is 1.41. The molecule has 158 valence electrons. The number of amidine groups is 1. The van der Waals surface area contributed by atoms with Crippen LogP contribution in [-0.4, -0.2) is 52.5 Å². The molecule has 2 amide bonds. The highest BCUT2D eigenvalue weighted by Gasteiger charge is 2.20. The van der Waals surface area contributed by atoms with E-state index in [1.165, 1.54) is 10.9 Å². The lowest BCUT2D eigenvalue weighted by Crippen LogP contribution is -2.23. The molecule has 1 aromatic heterocycles. The number of aryl methyl sites for hydroxylation is 1. The monoisotopic (exact) mass is 436 g/mol. The van der Waals surface area contributed by atoms with E-state index in [1.807, 2.05) is 19.2 Å². The van der Waals surface area contributed by atoms with Gasteiger partial charge < -0.3 is 15.5 Å². The number of aliphatic imine (C=N–C) groups is 1. The molecule has 2 aromatic carbocycles. The van der Waals surface area contributed by atoms with Gasteiger partial charge in [0.1, 0.15) is 17.2 Å². The number of likely N-dealkylation sites (N-methyl/N-ethyl adjacent to an activating group) is 1. The quantitative estimate of drug-likeness (QED) is 0.642. The number of nitrogens with one attached hydrogen (secondary N) is 2. The molecule has 1 aliphatic rings. The second-order valence-electron chi connectivity index (χ2n) is 7.15. The van der Waals surface area contributed by atoms with Gasteiger partial charge in [-0.25, -0.2) is 0 Å². The van der Waals surface area contributed by atoms with Crippen molar-refractivity contribution in [3.05, 3.63) is 76.4 Å². The van der Waals surface area contributed by atoms with Crippen LogP contribution in [0.3, 0.4) is 0 Å². The molecule has 0 bridgehead atoms. The van der Waals surface area contributed by atoms with Gasteiger partial charge in [0, 0.05) is 42.5 Å². The summed E-state index contributed by atoms with van der Waals surface area (Å²) in [5, 5.41) is 10.3. The van der Waals surface area contributed by atoms with Gasteiger partial charge in [0.05, 0.1) is 12.7 Å². The molecule has 0 saturated carbocycles. The normalized spacial score (nSPS) is 13.1. The Morgan fingerprint density at radius 3 is 2.32 bits per heavy atom. The largest absolute Gasteiger partial charge is 0.358 e. The summed E-state index contributed by atoms with van der Waals surface area (Å²) in [5.41, 5.74) is 2.27. The van der Waals surface area contributed by atoms with E-state index < -0.39 is 0 Å². The van der Waals surface area contributed by atoms with Gasteiger partial charge in [0.15, 0.2) is 0 Å². The molecule has 2 N–H and O–H groups in total. The Morgan fingerprint density at radius 1 is 0.968 bits per heavy atom. The van der Waals surface area contributed by atoms with Gasteiger partial charge in [-0.05, 0) is 36.4 Å². The molecule has 0 spiro atoms. The van der Waals surface area contributed by atoms with Crippen LogP contribution in [0.15, 0.2) is 59.7 Å². The van der Waals surface area contributed by atoms with Crippen molar-refractivity contribution in [2.45, 2.75) is 0 Å². The van der Waals surface area contributed by atoms with E-state index in [2.05, 4.69) is 25.6 Å². The third-order valence-electron chi connectivity index (χ3n) is 4.98. The molecule has 8 nitrogen and oxygen atoms in total. The molecule has 9 heteroatoms. The van der Waals surface area contributed by atoms with Crippen LogP contribution in [0.25, 0.3) is 0 Å². The summed E-state index contributed by atoms with van der Waals surface area (Å²) < 4.78 is 1.45. The maximum atomic E-state index is 12.8. The molecule has 31 heavy (non-hydrogen) atoms. The minimum absolute atomic E-state index is 0.254. The summed E-state index contributed by atoms with van der Waals surface area (Å²) in [7, 11) is 3.65. The Balaban J connectivity index is 1.49. The van der Waals surface area contributed by atoms with Gasteiger partial charge in [-0.15, -0.1) is 0 Å². The van der Waals surface area contributed by atoms with Crippen molar-refractivity contribution < 1.29 is 9.59 Å². The number of anilines is 2. The molecular formula is C22H21ClN6O2. The van der Waals surface area contributed by atoms with E-state index in [9.17, 15) is 9.59 Å². The summed E-state index contributed by atoms with van der Waals surface area (Å²) in [6.45, 7) is 1.66. The molecular weight excluding hydrogens is 416 g/mol. The number of aromatic nitrogens is 2. The van der Waals surface area contributed by atoms with Crippen molar-refractivity contribution in [3.8, 4) is 0 Å². The van der Waals surface area contributed by atoms with Crippen molar-refractivity contribution in [1.29, 1.82) is 0 Å². The fourth-order valence-electron chi connectivity index (χ4n) is 3.28. The second kappa shape index (κ2) is 8.61. The molecule has 0 aliphatic carbocycles. The maximum Gasteiger partial charge on any atom is 0.261 e. The number of amides is 2. The Bertz CT molecular complexity index is 1150. The van der Waals surface area contributed by atoms with E-state index in [1.54, 1.807) is 43.4 Å². The number of carbonyl (C=O) groups is 2.